The minimum absolute atomic E-state index is 0.0380. The number of carbonyl (C=O) groups excluding carboxylic acids is 2. The van der Waals surface area contributed by atoms with Crippen LogP contribution in [0.25, 0.3) is 0 Å². The van der Waals surface area contributed by atoms with Gasteiger partial charge in [0.2, 0.25) is 5.91 Å². The number of halogens is 2. The summed E-state index contributed by atoms with van der Waals surface area (Å²) in [5.41, 5.74) is 0.0679. The molecule has 0 aliphatic heterocycles. The highest BCUT2D eigenvalue weighted by atomic mass is 19.1. The Hall–Kier alpha value is -3.16. The zero-order valence-electron chi connectivity index (χ0n) is 16.8. The zero-order chi connectivity index (χ0) is 21.6. The van der Waals surface area contributed by atoms with E-state index in [4.69, 9.17) is 4.74 Å². The van der Waals surface area contributed by atoms with Crippen molar-refractivity contribution in [3.63, 3.8) is 0 Å². The summed E-state index contributed by atoms with van der Waals surface area (Å²) in [7, 11) is 0. The van der Waals surface area contributed by atoms with Crippen LogP contribution < -0.4 is 20.7 Å². The average Bonchev–Trinajstić information content (AvgIpc) is 2.62. The van der Waals surface area contributed by atoms with E-state index in [2.05, 4.69) is 16.0 Å². The lowest BCUT2D eigenvalue weighted by molar-refractivity contribution is -0.123. The number of benzene rings is 2. The third-order valence-corrected chi connectivity index (χ3v) is 3.75. The molecule has 0 radical (unpaired) electrons. The molecule has 2 rings (SSSR count). The molecule has 1 unspecified atom stereocenters. The molecule has 29 heavy (non-hydrogen) atoms. The number of hydrogen-bond acceptors (Lipinski definition) is 3. The summed E-state index contributed by atoms with van der Waals surface area (Å²) >= 11 is 0. The van der Waals surface area contributed by atoms with E-state index >= 15 is 0 Å². The fourth-order valence-electron chi connectivity index (χ4n) is 2.36. The molecule has 0 heterocycles. The molecule has 0 fully saturated rings. The SMILES string of the molecule is CC(NC(=O)NCc1ccc(Oc2ccccc2F)c(F)c1)C(=O)NC(C)(C)C. The van der Waals surface area contributed by atoms with Gasteiger partial charge in [-0.2, -0.15) is 0 Å². The summed E-state index contributed by atoms with van der Waals surface area (Å²) < 4.78 is 33.1. The van der Waals surface area contributed by atoms with Crippen molar-refractivity contribution in [2.24, 2.45) is 0 Å². The van der Waals surface area contributed by atoms with Crippen LogP contribution >= 0.6 is 0 Å². The number of carbonyl (C=O) groups is 2. The second-order valence-electron chi connectivity index (χ2n) is 7.59. The number of amides is 3. The van der Waals surface area contributed by atoms with Gasteiger partial charge in [0, 0.05) is 12.1 Å². The maximum absolute atomic E-state index is 14.2. The first kappa shape index (κ1) is 22.1. The van der Waals surface area contributed by atoms with Crippen LogP contribution in [0, 0.1) is 11.6 Å². The Balaban J connectivity index is 1.89. The van der Waals surface area contributed by atoms with Crippen molar-refractivity contribution >= 4 is 11.9 Å². The van der Waals surface area contributed by atoms with Gasteiger partial charge in [-0.05, 0) is 57.5 Å². The van der Waals surface area contributed by atoms with E-state index in [1.807, 2.05) is 20.8 Å². The van der Waals surface area contributed by atoms with Crippen LogP contribution in [0.1, 0.15) is 33.3 Å². The van der Waals surface area contributed by atoms with Crippen LogP contribution in [0.2, 0.25) is 0 Å². The molecule has 0 aliphatic carbocycles. The molecule has 0 saturated carbocycles. The molecule has 1 atom stereocenters. The number of urea groups is 1. The van der Waals surface area contributed by atoms with Crippen LogP contribution in [0.15, 0.2) is 42.5 Å². The quantitative estimate of drug-likeness (QED) is 0.683. The van der Waals surface area contributed by atoms with Gasteiger partial charge in [0.25, 0.3) is 0 Å². The van der Waals surface area contributed by atoms with E-state index in [1.165, 1.54) is 30.3 Å². The molecule has 0 spiro atoms. The summed E-state index contributed by atoms with van der Waals surface area (Å²) in [6, 6.07) is 8.49. The van der Waals surface area contributed by atoms with Crippen molar-refractivity contribution in [3.8, 4) is 11.5 Å². The molecule has 2 aromatic carbocycles. The largest absolute Gasteiger partial charge is 0.451 e. The summed E-state index contributed by atoms with van der Waals surface area (Å²) in [5, 5.41) is 7.83. The Kier molecular flexibility index (Phi) is 7.14. The van der Waals surface area contributed by atoms with Gasteiger partial charge in [-0.1, -0.05) is 18.2 Å². The molecule has 2 aromatic rings. The van der Waals surface area contributed by atoms with Crippen LogP contribution in [0.3, 0.4) is 0 Å². The van der Waals surface area contributed by atoms with E-state index in [0.29, 0.717) is 5.56 Å². The van der Waals surface area contributed by atoms with Crippen molar-refractivity contribution < 1.29 is 23.1 Å². The highest BCUT2D eigenvalue weighted by molar-refractivity contribution is 5.87. The van der Waals surface area contributed by atoms with E-state index < -0.39 is 29.2 Å². The minimum atomic E-state index is -0.734. The maximum Gasteiger partial charge on any atom is 0.315 e. The summed E-state index contributed by atoms with van der Waals surface area (Å²) in [6.45, 7) is 7.12. The fraction of sp³-hybridized carbons (Fsp3) is 0.333. The fourth-order valence-corrected chi connectivity index (χ4v) is 2.36. The third-order valence-electron chi connectivity index (χ3n) is 3.75. The molecule has 3 amide bonds. The molecule has 0 saturated heterocycles. The molecular weight excluding hydrogens is 380 g/mol. The van der Waals surface area contributed by atoms with E-state index in [-0.39, 0.29) is 24.0 Å². The van der Waals surface area contributed by atoms with Crippen molar-refractivity contribution in [1.29, 1.82) is 0 Å². The van der Waals surface area contributed by atoms with Gasteiger partial charge in [0.1, 0.15) is 6.04 Å². The Labute approximate surface area is 168 Å². The second-order valence-corrected chi connectivity index (χ2v) is 7.59. The highest BCUT2D eigenvalue weighted by Crippen LogP contribution is 2.27. The van der Waals surface area contributed by atoms with Crippen LogP contribution in [-0.4, -0.2) is 23.5 Å². The lowest BCUT2D eigenvalue weighted by atomic mass is 10.1. The van der Waals surface area contributed by atoms with Crippen molar-refractivity contribution in [3.05, 3.63) is 59.7 Å². The lowest BCUT2D eigenvalue weighted by Gasteiger charge is -2.23. The van der Waals surface area contributed by atoms with Crippen molar-refractivity contribution in [1.82, 2.24) is 16.0 Å². The molecule has 0 aliphatic rings. The molecule has 0 bridgehead atoms. The Morgan fingerprint density at radius 1 is 1.03 bits per heavy atom. The smallest absolute Gasteiger partial charge is 0.315 e. The Morgan fingerprint density at radius 3 is 2.31 bits per heavy atom. The summed E-state index contributed by atoms with van der Waals surface area (Å²) in [5.74, 6) is -1.81. The van der Waals surface area contributed by atoms with Crippen molar-refractivity contribution in [2.45, 2.75) is 45.8 Å². The Bertz CT molecular complexity index is 882. The standard InChI is InChI=1S/C21H25F2N3O3/c1-13(19(27)26-21(2,3)4)25-20(28)24-12-14-9-10-18(16(23)11-14)29-17-8-6-5-7-15(17)22/h5-11,13H,12H2,1-4H3,(H,26,27)(H2,24,25,28). The first-order valence-electron chi connectivity index (χ1n) is 9.12. The van der Waals surface area contributed by atoms with Gasteiger partial charge < -0.3 is 20.7 Å². The van der Waals surface area contributed by atoms with Gasteiger partial charge in [0.15, 0.2) is 23.1 Å². The highest BCUT2D eigenvalue weighted by Gasteiger charge is 2.20. The van der Waals surface area contributed by atoms with Crippen molar-refractivity contribution in [2.75, 3.05) is 0 Å². The van der Waals surface area contributed by atoms with Crippen LogP contribution in [-0.2, 0) is 11.3 Å². The third kappa shape index (κ3) is 7.06. The second kappa shape index (κ2) is 9.36. The van der Waals surface area contributed by atoms with E-state index in [1.54, 1.807) is 19.1 Å². The molecule has 156 valence electrons. The van der Waals surface area contributed by atoms with Gasteiger partial charge >= 0.3 is 6.03 Å². The predicted octanol–water partition coefficient (Wildman–Crippen LogP) is 3.86. The number of hydrogen-bond donors (Lipinski definition) is 3. The number of nitrogens with one attached hydrogen (secondary N) is 3. The van der Waals surface area contributed by atoms with E-state index in [0.717, 1.165) is 0 Å². The number of rotatable bonds is 6. The zero-order valence-corrected chi connectivity index (χ0v) is 16.8. The number of para-hydroxylation sites is 1. The molecule has 3 N–H and O–H groups in total. The molecule has 0 aromatic heterocycles. The van der Waals surface area contributed by atoms with Gasteiger partial charge in [-0.3, -0.25) is 4.79 Å². The maximum atomic E-state index is 14.2. The predicted molar refractivity (Wildman–Crippen MR) is 106 cm³/mol. The molecule has 6 nitrogen and oxygen atoms in total. The minimum Gasteiger partial charge on any atom is -0.451 e. The van der Waals surface area contributed by atoms with Gasteiger partial charge in [-0.25, -0.2) is 13.6 Å². The van der Waals surface area contributed by atoms with Crippen LogP contribution in [0.4, 0.5) is 13.6 Å². The summed E-state index contributed by atoms with van der Waals surface area (Å²) in [4.78, 5) is 23.9. The Morgan fingerprint density at radius 2 is 1.69 bits per heavy atom. The molecule has 8 heteroatoms. The summed E-state index contributed by atoms with van der Waals surface area (Å²) in [6.07, 6.45) is 0. The first-order valence-corrected chi connectivity index (χ1v) is 9.12. The first-order chi connectivity index (χ1) is 13.5. The van der Waals surface area contributed by atoms with E-state index in [9.17, 15) is 18.4 Å². The van der Waals surface area contributed by atoms with Gasteiger partial charge in [0.05, 0.1) is 0 Å². The van der Waals surface area contributed by atoms with Crippen LogP contribution in [0.5, 0.6) is 11.5 Å². The normalized spacial score (nSPS) is 12.1. The lowest BCUT2D eigenvalue weighted by Crippen LogP contribution is -2.52. The topological polar surface area (TPSA) is 79.5 Å². The molecular formula is C21H25F2N3O3. The van der Waals surface area contributed by atoms with Gasteiger partial charge in [-0.15, -0.1) is 0 Å². The average molecular weight is 405 g/mol. The number of ether oxygens (including phenoxy) is 1. The monoisotopic (exact) mass is 405 g/mol.